The highest BCUT2D eigenvalue weighted by Gasteiger charge is 2.34. The van der Waals surface area contributed by atoms with Crippen molar-refractivity contribution in [3.05, 3.63) is 204 Å². The fourth-order valence-electron chi connectivity index (χ4n) is 11.7. The highest BCUT2D eigenvalue weighted by molar-refractivity contribution is 6.24. The fraction of sp³-hybridized carbons (Fsp3) is 0.284. The molecule has 4 heterocycles. The summed E-state index contributed by atoms with van der Waals surface area (Å²) in [4.78, 5) is 10.1. The molecule has 8 aromatic carbocycles. The van der Waals surface area contributed by atoms with Crippen LogP contribution in [0.4, 0.5) is 22.7 Å². The molecule has 0 fully saturated rings. The lowest BCUT2D eigenvalue weighted by Crippen LogP contribution is -2.26. The van der Waals surface area contributed by atoms with E-state index in [0.717, 1.165) is 78.1 Å². The van der Waals surface area contributed by atoms with Crippen molar-refractivity contribution >= 4 is 66.5 Å². The molecule has 0 amide bonds. The van der Waals surface area contributed by atoms with Crippen molar-refractivity contribution < 1.29 is 9.15 Å². The van der Waals surface area contributed by atoms with Crippen LogP contribution in [0, 0.1) is 0 Å². The number of anilines is 4. The van der Waals surface area contributed by atoms with Gasteiger partial charge in [-0.05, 0) is 145 Å². The van der Waals surface area contributed by atoms with Crippen LogP contribution in [-0.4, -0.2) is 16.2 Å². The molecule has 6 heteroatoms. The van der Waals surface area contributed by atoms with Gasteiger partial charge in [-0.15, -0.1) is 0 Å². The highest BCUT2D eigenvalue weighted by Crippen LogP contribution is 2.53. The van der Waals surface area contributed by atoms with Crippen molar-refractivity contribution in [3.63, 3.8) is 0 Å². The Morgan fingerprint density at radius 2 is 0.975 bits per heavy atom. The zero-order valence-corrected chi connectivity index (χ0v) is 49.6. The van der Waals surface area contributed by atoms with E-state index in [-0.39, 0.29) is 27.1 Å². The van der Waals surface area contributed by atoms with Gasteiger partial charge < -0.3 is 19.0 Å². The topological polar surface area (TPSA) is 46.7 Å². The number of ether oxygens (including phenoxy) is 1. The number of aromatic nitrogens is 2. The van der Waals surface area contributed by atoms with Crippen LogP contribution in [-0.2, 0) is 27.1 Å². The Kier molecular flexibility index (Phi) is 12.3. The van der Waals surface area contributed by atoms with Crippen molar-refractivity contribution in [2.75, 3.05) is 16.5 Å². The maximum absolute atomic E-state index is 7.19. The Morgan fingerprint density at radius 1 is 0.425 bits per heavy atom. The zero-order valence-electron chi connectivity index (χ0n) is 49.6. The highest BCUT2D eigenvalue weighted by atomic mass is 16.5. The van der Waals surface area contributed by atoms with Crippen molar-refractivity contribution in [2.24, 2.45) is 0 Å². The van der Waals surface area contributed by atoms with Gasteiger partial charge in [0.2, 0.25) is 0 Å². The van der Waals surface area contributed by atoms with Crippen LogP contribution in [0.3, 0.4) is 0 Å². The number of furan rings is 1. The number of benzene rings is 8. The standard InChI is InChI=1S/C74H76N4O2/c1-70(2,3)48-28-24-46(25-29-48)59-40-52(74(13,14)15)41-60(47-26-30-49(31-27-47)71(4,5)6)68(59)77-45-76(61-21-17-18-22-62(61)77)53-38-51(73(10,11)12)39-55(43-53)79-54-32-33-58-64(44-54)78(66-42-50(36-37-75-66)72(7,8)9)63-35-34-57-56-20-16-19-23-65(56)80-69(57)67(58)63/h16-44H,45H2,1-15H3. The van der Waals surface area contributed by atoms with Crippen LogP contribution in [0.25, 0.3) is 71.8 Å². The summed E-state index contributed by atoms with van der Waals surface area (Å²) in [6.45, 7) is 34.9. The van der Waals surface area contributed by atoms with Crippen LogP contribution < -0.4 is 14.5 Å². The summed E-state index contributed by atoms with van der Waals surface area (Å²) in [7, 11) is 0. The Labute approximate surface area is 473 Å². The summed E-state index contributed by atoms with van der Waals surface area (Å²) in [6.07, 6.45) is 1.93. The lowest BCUT2D eigenvalue weighted by molar-refractivity contribution is 0.479. The first kappa shape index (κ1) is 52.6. The van der Waals surface area contributed by atoms with E-state index in [1.807, 2.05) is 12.3 Å². The van der Waals surface area contributed by atoms with E-state index < -0.39 is 0 Å². The van der Waals surface area contributed by atoms with E-state index in [1.54, 1.807) is 0 Å². The first-order valence-corrected chi connectivity index (χ1v) is 28.5. The largest absolute Gasteiger partial charge is 0.457 e. The molecule has 0 atom stereocenters. The fourth-order valence-corrected chi connectivity index (χ4v) is 11.7. The van der Waals surface area contributed by atoms with Crippen molar-refractivity contribution in [1.29, 1.82) is 0 Å². The molecule has 0 aliphatic carbocycles. The van der Waals surface area contributed by atoms with Gasteiger partial charge in [-0.2, -0.15) is 0 Å². The van der Waals surface area contributed by atoms with E-state index in [1.165, 1.54) is 55.8 Å². The normalized spacial score (nSPS) is 13.6. The summed E-state index contributed by atoms with van der Waals surface area (Å²) in [6, 6.07) is 62.8. The minimum absolute atomic E-state index is 0.0270. The van der Waals surface area contributed by atoms with Crippen LogP contribution >= 0.6 is 0 Å². The third kappa shape index (κ3) is 9.40. The molecule has 1 aliphatic rings. The van der Waals surface area contributed by atoms with Gasteiger partial charge in [-0.25, -0.2) is 4.98 Å². The molecule has 11 aromatic rings. The summed E-state index contributed by atoms with van der Waals surface area (Å²) >= 11 is 0. The molecular formula is C74H76N4O2. The number of hydrogen-bond donors (Lipinski definition) is 0. The maximum atomic E-state index is 7.19. The van der Waals surface area contributed by atoms with E-state index >= 15 is 0 Å². The molecule has 3 aromatic heterocycles. The minimum Gasteiger partial charge on any atom is -0.457 e. The second-order valence-corrected chi connectivity index (χ2v) is 27.5. The van der Waals surface area contributed by atoms with Gasteiger partial charge in [-0.1, -0.05) is 183 Å². The van der Waals surface area contributed by atoms with E-state index in [9.17, 15) is 0 Å². The quantitative estimate of drug-likeness (QED) is 0.159. The Bertz CT molecular complexity index is 4120. The third-order valence-corrected chi connectivity index (χ3v) is 16.5. The second kappa shape index (κ2) is 18.8. The van der Waals surface area contributed by atoms with Crippen LogP contribution in [0.15, 0.2) is 180 Å². The number of nitrogens with zero attached hydrogens (tertiary/aromatic N) is 4. The molecule has 80 heavy (non-hydrogen) atoms. The van der Waals surface area contributed by atoms with Crippen LogP contribution in [0.1, 0.15) is 132 Å². The van der Waals surface area contributed by atoms with E-state index in [0.29, 0.717) is 6.67 Å². The number of fused-ring (bicyclic) bond motifs is 8. The SMILES string of the molecule is CC(C)(C)c1ccc(-c2cc(C(C)(C)C)cc(-c3ccc(C(C)(C)C)cc3)c2N2CN(c3cc(Oc4ccc5c6c7oc8ccccc8c7ccc6n(-c6cc(C(C)(C)C)ccn6)c5c4)cc(C(C)(C)C)c3)c3ccccc32)cc1. The maximum Gasteiger partial charge on any atom is 0.145 e. The average molecular weight is 1050 g/mol. The molecule has 6 nitrogen and oxygen atoms in total. The number of para-hydroxylation sites is 3. The minimum atomic E-state index is -0.188. The first-order valence-electron chi connectivity index (χ1n) is 28.5. The Hall–Kier alpha value is -8.09. The second-order valence-electron chi connectivity index (χ2n) is 27.5. The van der Waals surface area contributed by atoms with Gasteiger partial charge in [0.05, 0.1) is 33.5 Å². The van der Waals surface area contributed by atoms with Gasteiger partial charge in [-0.3, -0.25) is 4.57 Å². The lowest BCUT2D eigenvalue weighted by Gasteiger charge is -2.31. The number of hydrogen-bond acceptors (Lipinski definition) is 5. The Morgan fingerprint density at radius 3 is 1.57 bits per heavy atom. The first-order chi connectivity index (χ1) is 37.8. The molecular weight excluding hydrogens is 977 g/mol. The summed E-state index contributed by atoms with van der Waals surface area (Å²) in [5, 5.41) is 4.33. The summed E-state index contributed by atoms with van der Waals surface area (Å²) in [5.74, 6) is 2.35. The van der Waals surface area contributed by atoms with Crippen molar-refractivity contribution in [3.8, 4) is 39.6 Å². The molecule has 0 spiro atoms. The molecule has 0 N–H and O–H groups in total. The summed E-state index contributed by atoms with van der Waals surface area (Å²) in [5.41, 5.74) is 19.1. The monoisotopic (exact) mass is 1050 g/mol. The van der Waals surface area contributed by atoms with Crippen molar-refractivity contribution in [1.82, 2.24) is 9.55 Å². The van der Waals surface area contributed by atoms with Gasteiger partial charge >= 0.3 is 0 Å². The predicted molar refractivity (Wildman–Crippen MR) is 339 cm³/mol. The number of rotatable bonds is 7. The molecule has 1 aliphatic heterocycles. The molecule has 0 unspecified atom stereocenters. The average Bonchev–Trinajstić information content (AvgIpc) is 4.28. The van der Waals surface area contributed by atoms with E-state index in [2.05, 4.69) is 282 Å². The third-order valence-electron chi connectivity index (χ3n) is 16.5. The molecule has 0 saturated heterocycles. The van der Waals surface area contributed by atoms with Crippen LogP contribution in [0.5, 0.6) is 11.5 Å². The van der Waals surface area contributed by atoms with Gasteiger partial charge in [0.25, 0.3) is 0 Å². The lowest BCUT2D eigenvalue weighted by atomic mass is 9.81. The molecule has 0 bridgehead atoms. The summed E-state index contributed by atoms with van der Waals surface area (Å²) < 4.78 is 16.2. The Balaban J connectivity index is 1.01. The zero-order chi connectivity index (χ0) is 56.4. The molecule has 0 saturated carbocycles. The molecule has 0 radical (unpaired) electrons. The molecule has 12 rings (SSSR count). The van der Waals surface area contributed by atoms with Gasteiger partial charge in [0.15, 0.2) is 0 Å². The number of pyridine rings is 1. The van der Waals surface area contributed by atoms with Gasteiger partial charge in [0, 0.05) is 51.3 Å². The van der Waals surface area contributed by atoms with Gasteiger partial charge in [0.1, 0.15) is 35.2 Å². The molecule has 404 valence electrons. The van der Waals surface area contributed by atoms with E-state index in [4.69, 9.17) is 14.1 Å². The van der Waals surface area contributed by atoms with Crippen LogP contribution in [0.2, 0.25) is 0 Å². The van der Waals surface area contributed by atoms with Crippen molar-refractivity contribution in [2.45, 2.75) is 131 Å². The smallest absolute Gasteiger partial charge is 0.145 e. The predicted octanol–water partition coefficient (Wildman–Crippen LogP) is 20.9.